The number of ether oxygens (including phenoxy) is 2. The molecule has 1 aliphatic carbocycles. The molecule has 6 N–H and O–H groups in total. The lowest BCUT2D eigenvalue weighted by Gasteiger charge is -2.23. The molecule has 0 aliphatic heterocycles. The maximum atomic E-state index is 14.0. The SMILES string of the molecule is CC(=O)C[C@H](NC(=O)CNC(=O)[C@H](CCCCNC(=O)OCc1ccccc1)NC(=O)OCC1c2ccccc2-c2ccccc21)C(=O)C[C@@H](Cc1ccccc1)C(=O)N[C@@H](Cc1ccccc1)C(=O)O. The Morgan fingerprint density at radius 3 is 1.70 bits per heavy atom. The molecule has 0 saturated heterocycles. The normalized spacial score (nSPS) is 13.1. The highest BCUT2D eigenvalue weighted by Crippen LogP contribution is 2.44. The van der Waals surface area contributed by atoms with Crippen LogP contribution in [0.25, 0.3) is 11.1 Å². The summed E-state index contributed by atoms with van der Waals surface area (Å²) in [5.74, 6) is -5.93. The van der Waals surface area contributed by atoms with Crippen LogP contribution >= 0.6 is 0 Å². The Morgan fingerprint density at radius 1 is 0.549 bits per heavy atom. The number of benzene rings is 5. The van der Waals surface area contributed by atoms with Gasteiger partial charge in [0.25, 0.3) is 0 Å². The zero-order valence-corrected chi connectivity index (χ0v) is 39.5. The summed E-state index contributed by atoms with van der Waals surface area (Å²) < 4.78 is 11.0. The summed E-state index contributed by atoms with van der Waals surface area (Å²) in [5.41, 5.74) is 6.28. The molecule has 370 valence electrons. The number of Topliss-reactive ketones (excluding diaryl/α,β-unsaturated/α-hetero) is 2. The van der Waals surface area contributed by atoms with E-state index in [1.54, 1.807) is 60.7 Å². The number of carboxylic acids is 1. The number of amides is 5. The minimum atomic E-state index is -1.39. The van der Waals surface area contributed by atoms with E-state index in [9.17, 15) is 43.5 Å². The first-order chi connectivity index (χ1) is 34.3. The zero-order chi connectivity index (χ0) is 50.5. The molecule has 16 nitrogen and oxygen atoms in total. The highest BCUT2D eigenvalue weighted by atomic mass is 16.6. The number of nitrogens with one attached hydrogen (secondary N) is 5. The fourth-order valence-electron chi connectivity index (χ4n) is 8.44. The van der Waals surface area contributed by atoms with E-state index in [-0.39, 0.29) is 44.9 Å². The van der Waals surface area contributed by atoms with E-state index in [1.165, 1.54) is 6.92 Å². The Labute approximate surface area is 412 Å². The van der Waals surface area contributed by atoms with Crippen molar-refractivity contribution < 1.29 is 52.9 Å². The lowest BCUT2D eigenvalue weighted by molar-refractivity contribution is -0.142. The van der Waals surface area contributed by atoms with Crippen molar-refractivity contribution in [1.29, 1.82) is 0 Å². The molecule has 0 spiro atoms. The quantitative estimate of drug-likeness (QED) is 0.0342. The maximum Gasteiger partial charge on any atom is 0.407 e. The average molecular weight is 966 g/mol. The Balaban J connectivity index is 1.07. The minimum Gasteiger partial charge on any atom is -0.480 e. The second-order valence-electron chi connectivity index (χ2n) is 17.4. The van der Waals surface area contributed by atoms with Gasteiger partial charge in [-0.15, -0.1) is 0 Å². The number of alkyl carbamates (subject to hydrolysis) is 2. The second-order valence-corrected chi connectivity index (χ2v) is 17.4. The Bertz CT molecular complexity index is 2580. The highest BCUT2D eigenvalue weighted by Gasteiger charge is 2.33. The van der Waals surface area contributed by atoms with E-state index in [4.69, 9.17) is 9.47 Å². The Morgan fingerprint density at radius 2 is 1.11 bits per heavy atom. The highest BCUT2D eigenvalue weighted by molar-refractivity contribution is 5.97. The molecule has 4 atom stereocenters. The second kappa shape index (κ2) is 26.6. The van der Waals surface area contributed by atoms with E-state index >= 15 is 0 Å². The summed E-state index contributed by atoms with van der Waals surface area (Å²) in [7, 11) is 0. The third kappa shape index (κ3) is 16.2. The molecule has 0 unspecified atom stereocenters. The molecule has 71 heavy (non-hydrogen) atoms. The molecular weight excluding hydrogens is 907 g/mol. The predicted molar refractivity (Wildman–Crippen MR) is 264 cm³/mol. The molecule has 6 rings (SSSR count). The van der Waals surface area contributed by atoms with Gasteiger partial charge in [0.1, 0.15) is 31.1 Å². The van der Waals surface area contributed by atoms with Crippen molar-refractivity contribution >= 4 is 47.4 Å². The number of hydrogen-bond acceptors (Lipinski definition) is 10. The van der Waals surface area contributed by atoms with Gasteiger partial charge in [0.05, 0.1) is 12.6 Å². The van der Waals surface area contributed by atoms with E-state index in [0.29, 0.717) is 24.0 Å². The van der Waals surface area contributed by atoms with Gasteiger partial charge >= 0.3 is 18.2 Å². The van der Waals surface area contributed by atoms with Gasteiger partial charge in [0, 0.05) is 37.6 Å². The van der Waals surface area contributed by atoms with Crippen LogP contribution in [0.2, 0.25) is 0 Å². The van der Waals surface area contributed by atoms with Crippen LogP contribution in [0.15, 0.2) is 140 Å². The molecule has 5 aromatic rings. The Hall–Kier alpha value is -8.14. The number of carbonyl (C=O) groups is 8. The van der Waals surface area contributed by atoms with Gasteiger partial charge < -0.3 is 41.2 Å². The van der Waals surface area contributed by atoms with E-state index < -0.39 is 90.9 Å². The van der Waals surface area contributed by atoms with Gasteiger partial charge in [-0.05, 0) is 71.6 Å². The maximum absolute atomic E-state index is 14.0. The average Bonchev–Trinajstić information content (AvgIpc) is 3.69. The Kier molecular flexibility index (Phi) is 19.5. The number of unbranched alkanes of at least 4 members (excludes halogenated alkanes) is 1. The molecule has 0 radical (unpaired) electrons. The van der Waals surface area contributed by atoms with Crippen LogP contribution in [0.4, 0.5) is 9.59 Å². The monoisotopic (exact) mass is 965 g/mol. The molecule has 1 aliphatic rings. The fraction of sp³-hybridized carbons (Fsp3) is 0.309. The van der Waals surface area contributed by atoms with E-state index in [2.05, 4.69) is 26.6 Å². The van der Waals surface area contributed by atoms with Crippen molar-refractivity contribution in [2.45, 2.75) is 82.5 Å². The van der Waals surface area contributed by atoms with Crippen LogP contribution in [0, 0.1) is 5.92 Å². The smallest absolute Gasteiger partial charge is 0.407 e. The van der Waals surface area contributed by atoms with Crippen molar-refractivity contribution in [3.63, 3.8) is 0 Å². The first-order valence-electron chi connectivity index (χ1n) is 23.6. The number of ketones is 2. The summed E-state index contributed by atoms with van der Waals surface area (Å²) in [6, 6.07) is 38.6. The molecule has 5 aromatic carbocycles. The summed E-state index contributed by atoms with van der Waals surface area (Å²) in [4.78, 5) is 105. The lowest BCUT2D eigenvalue weighted by atomic mass is 9.89. The molecule has 0 heterocycles. The van der Waals surface area contributed by atoms with E-state index in [1.807, 2.05) is 78.9 Å². The number of hydrogen-bond donors (Lipinski definition) is 6. The standard InChI is InChI=1S/C55H59N5O11/c1-36(61)29-47(49(62)32-40(30-37-17-5-2-6-18-37)51(64)59-48(53(66)67)31-38-19-7-3-8-20-38)58-50(63)33-57-52(65)46(27-15-16-28-56-54(68)70-34-39-21-9-4-10-22-39)60-55(69)71-35-45-43-25-13-11-23-41(43)42-24-12-14-26-44(42)45/h2-14,17-26,40,45-48H,15-16,27-35H2,1H3,(H,56,68)(H,57,65)(H,58,63)(H,59,64)(H,60,69)(H,66,67)/t40-,46+,47+,48+/m1/s1. The van der Waals surface area contributed by atoms with Crippen LogP contribution in [0.1, 0.15) is 72.8 Å². The third-order valence-electron chi connectivity index (χ3n) is 12.0. The van der Waals surface area contributed by atoms with Crippen LogP contribution in [-0.4, -0.2) is 90.4 Å². The van der Waals surface area contributed by atoms with Crippen LogP contribution in [0.3, 0.4) is 0 Å². The first-order valence-corrected chi connectivity index (χ1v) is 23.6. The predicted octanol–water partition coefficient (Wildman–Crippen LogP) is 6.20. The topological polar surface area (TPSA) is 235 Å². The molecule has 0 aromatic heterocycles. The number of fused-ring (bicyclic) bond motifs is 3. The van der Waals surface area contributed by atoms with Crippen molar-refractivity contribution in [1.82, 2.24) is 26.6 Å². The first kappa shape index (κ1) is 52.2. The number of rotatable bonds is 26. The molecular formula is C55H59N5O11. The molecule has 0 bridgehead atoms. The van der Waals surface area contributed by atoms with Gasteiger partial charge in [0.2, 0.25) is 17.7 Å². The van der Waals surface area contributed by atoms with Gasteiger partial charge in [-0.25, -0.2) is 14.4 Å². The van der Waals surface area contributed by atoms with Crippen LogP contribution < -0.4 is 26.6 Å². The molecule has 0 fully saturated rings. The van der Waals surface area contributed by atoms with Crippen molar-refractivity contribution in [2.24, 2.45) is 5.92 Å². The van der Waals surface area contributed by atoms with Crippen LogP contribution in [-0.2, 0) is 57.7 Å². The summed E-state index contributed by atoms with van der Waals surface area (Å²) >= 11 is 0. The van der Waals surface area contributed by atoms with E-state index in [0.717, 1.165) is 27.8 Å². The summed E-state index contributed by atoms with van der Waals surface area (Å²) in [6.45, 7) is 0.881. The van der Waals surface area contributed by atoms with Gasteiger partial charge in [-0.3, -0.25) is 24.0 Å². The van der Waals surface area contributed by atoms with Crippen molar-refractivity contribution in [3.8, 4) is 11.1 Å². The molecule has 0 saturated carbocycles. The van der Waals surface area contributed by atoms with Crippen LogP contribution in [0.5, 0.6) is 0 Å². The lowest BCUT2D eigenvalue weighted by Crippen LogP contribution is -2.51. The van der Waals surface area contributed by atoms with Crippen molar-refractivity contribution in [2.75, 3.05) is 19.7 Å². The fourth-order valence-corrected chi connectivity index (χ4v) is 8.44. The summed E-state index contributed by atoms with van der Waals surface area (Å²) in [5, 5.41) is 22.9. The van der Waals surface area contributed by atoms with Crippen molar-refractivity contribution in [3.05, 3.63) is 167 Å². The number of aliphatic carboxylic acids is 1. The largest absolute Gasteiger partial charge is 0.480 e. The molecule has 5 amide bonds. The zero-order valence-electron chi connectivity index (χ0n) is 39.5. The third-order valence-corrected chi connectivity index (χ3v) is 12.0. The van der Waals surface area contributed by atoms with Gasteiger partial charge in [0.15, 0.2) is 5.78 Å². The number of carbonyl (C=O) groups excluding carboxylic acids is 7. The molecule has 16 heteroatoms. The summed E-state index contributed by atoms with van der Waals surface area (Å²) in [6.07, 6.45) is -1.46. The number of carboxylic acid groups (broad SMARTS) is 1. The minimum absolute atomic E-state index is 0.00601. The van der Waals surface area contributed by atoms with Gasteiger partial charge in [-0.2, -0.15) is 0 Å². The van der Waals surface area contributed by atoms with Gasteiger partial charge in [-0.1, -0.05) is 140 Å².